The first-order chi connectivity index (χ1) is 6.31. The first-order valence-electron chi connectivity index (χ1n) is 4.26. The molecule has 0 aliphatic heterocycles. The lowest BCUT2D eigenvalue weighted by molar-refractivity contribution is 0.612. The van der Waals surface area contributed by atoms with Gasteiger partial charge in [-0.05, 0) is 24.4 Å². The fourth-order valence-corrected chi connectivity index (χ4v) is 2.37. The molecule has 3 N–H and O–H groups in total. The van der Waals surface area contributed by atoms with Gasteiger partial charge in [0, 0.05) is 9.58 Å². The minimum Gasteiger partial charge on any atom is -0.271 e. The number of thiophene rings is 1. The highest BCUT2D eigenvalue weighted by Gasteiger charge is 2.06. The van der Waals surface area contributed by atoms with Crippen molar-refractivity contribution in [3.63, 3.8) is 0 Å². The molecule has 0 fully saturated rings. The van der Waals surface area contributed by atoms with Gasteiger partial charge >= 0.3 is 0 Å². The van der Waals surface area contributed by atoms with Crippen molar-refractivity contribution in [2.75, 3.05) is 0 Å². The molecule has 3 heteroatoms. The van der Waals surface area contributed by atoms with Crippen molar-refractivity contribution >= 4 is 21.4 Å². The Balaban J connectivity index is 2.49. The molecule has 2 nitrogen and oxygen atoms in total. The van der Waals surface area contributed by atoms with Gasteiger partial charge in [-0.25, -0.2) is 0 Å². The molecule has 0 aliphatic carbocycles. The first kappa shape index (κ1) is 8.69. The number of benzene rings is 1. The molecule has 0 spiro atoms. The summed E-state index contributed by atoms with van der Waals surface area (Å²) in [5.41, 5.74) is 2.75. The van der Waals surface area contributed by atoms with Gasteiger partial charge in [-0.2, -0.15) is 0 Å². The fraction of sp³-hybridized carbons (Fsp3) is 0.200. The second-order valence-electron chi connectivity index (χ2n) is 3.07. The highest BCUT2D eigenvalue weighted by molar-refractivity contribution is 7.19. The molecular weight excluding hydrogens is 180 g/mol. The molecule has 0 saturated heterocycles. The van der Waals surface area contributed by atoms with Crippen molar-refractivity contribution < 1.29 is 0 Å². The molecule has 0 saturated carbocycles. The zero-order valence-corrected chi connectivity index (χ0v) is 8.27. The molecule has 1 aromatic carbocycles. The summed E-state index contributed by atoms with van der Waals surface area (Å²) in [5, 5.41) is 1.30. The van der Waals surface area contributed by atoms with Gasteiger partial charge in [-0.3, -0.25) is 11.3 Å². The summed E-state index contributed by atoms with van der Waals surface area (Å²) in [7, 11) is 0. The van der Waals surface area contributed by atoms with Crippen LogP contribution in [0.2, 0.25) is 0 Å². The monoisotopic (exact) mass is 192 g/mol. The van der Waals surface area contributed by atoms with Crippen molar-refractivity contribution in [2.45, 2.75) is 13.0 Å². The standard InChI is InChI=1S/C10H12N2S/c1-7(12-11)10-6-8-4-2-3-5-9(8)13-10/h2-7,12H,11H2,1H3. The lowest BCUT2D eigenvalue weighted by Crippen LogP contribution is -2.24. The fourth-order valence-electron chi connectivity index (χ4n) is 1.30. The maximum atomic E-state index is 5.38. The summed E-state index contributed by atoms with van der Waals surface area (Å²) in [6.07, 6.45) is 0. The van der Waals surface area contributed by atoms with Gasteiger partial charge in [0.25, 0.3) is 0 Å². The molecule has 1 aromatic heterocycles. The molecule has 13 heavy (non-hydrogen) atoms. The number of hydrazine groups is 1. The Morgan fingerprint density at radius 3 is 2.85 bits per heavy atom. The third kappa shape index (κ3) is 1.58. The molecular formula is C10H12N2S. The Kier molecular flexibility index (Phi) is 2.31. The number of nitrogens with one attached hydrogen (secondary N) is 1. The zero-order chi connectivity index (χ0) is 9.26. The summed E-state index contributed by atoms with van der Waals surface area (Å²) >= 11 is 1.79. The number of nitrogens with two attached hydrogens (primary N) is 1. The molecule has 1 heterocycles. The molecule has 2 aromatic rings. The van der Waals surface area contributed by atoms with Gasteiger partial charge in [-0.15, -0.1) is 11.3 Å². The Morgan fingerprint density at radius 1 is 1.38 bits per heavy atom. The zero-order valence-electron chi connectivity index (χ0n) is 7.45. The van der Waals surface area contributed by atoms with E-state index in [4.69, 9.17) is 5.84 Å². The molecule has 0 amide bonds. The Labute approximate surface area is 81.3 Å². The quantitative estimate of drug-likeness (QED) is 0.566. The van der Waals surface area contributed by atoms with E-state index in [1.54, 1.807) is 11.3 Å². The molecule has 2 rings (SSSR count). The number of hydrogen-bond acceptors (Lipinski definition) is 3. The average Bonchev–Trinajstić information content (AvgIpc) is 2.59. The van der Waals surface area contributed by atoms with E-state index in [0.717, 1.165) is 0 Å². The van der Waals surface area contributed by atoms with E-state index >= 15 is 0 Å². The highest BCUT2D eigenvalue weighted by Crippen LogP contribution is 2.28. The van der Waals surface area contributed by atoms with E-state index < -0.39 is 0 Å². The molecule has 0 bridgehead atoms. The van der Waals surface area contributed by atoms with Crippen LogP contribution in [-0.2, 0) is 0 Å². The molecule has 1 unspecified atom stereocenters. The van der Waals surface area contributed by atoms with Crippen molar-refractivity contribution in [1.29, 1.82) is 0 Å². The predicted molar refractivity (Wildman–Crippen MR) is 57.6 cm³/mol. The Hall–Kier alpha value is -0.900. The summed E-state index contributed by atoms with van der Waals surface area (Å²) < 4.78 is 1.32. The molecule has 68 valence electrons. The second kappa shape index (κ2) is 3.46. The van der Waals surface area contributed by atoms with Crippen LogP contribution in [0.15, 0.2) is 30.3 Å². The van der Waals surface area contributed by atoms with Crippen LogP contribution in [0, 0.1) is 0 Å². The van der Waals surface area contributed by atoms with E-state index in [0.29, 0.717) is 0 Å². The summed E-state index contributed by atoms with van der Waals surface area (Å²) in [4.78, 5) is 1.28. The highest BCUT2D eigenvalue weighted by atomic mass is 32.1. The van der Waals surface area contributed by atoms with Crippen LogP contribution < -0.4 is 11.3 Å². The maximum absolute atomic E-state index is 5.38. The Bertz CT molecular complexity index is 375. The minimum atomic E-state index is 0.234. The van der Waals surface area contributed by atoms with Gasteiger partial charge in [0.1, 0.15) is 0 Å². The van der Waals surface area contributed by atoms with Crippen LogP contribution in [0.25, 0.3) is 10.1 Å². The van der Waals surface area contributed by atoms with Crippen LogP contribution in [0.5, 0.6) is 0 Å². The van der Waals surface area contributed by atoms with Gasteiger partial charge in [0.15, 0.2) is 0 Å². The summed E-state index contributed by atoms with van der Waals surface area (Å²) in [5.74, 6) is 5.38. The Morgan fingerprint density at radius 2 is 2.15 bits per heavy atom. The van der Waals surface area contributed by atoms with Gasteiger partial charge in [-0.1, -0.05) is 18.2 Å². The molecule has 1 atom stereocenters. The van der Waals surface area contributed by atoms with Crippen LogP contribution in [-0.4, -0.2) is 0 Å². The normalized spacial score (nSPS) is 13.4. The predicted octanol–water partition coefficient (Wildman–Crippen LogP) is 2.43. The summed E-state index contributed by atoms with van der Waals surface area (Å²) in [6.45, 7) is 2.06. The van der Waals surface area contributed by atoms with Crippen molar-refractivity contribution in [3.05, 3.63) is 35.2 Å². The van der Waals surface area contributed by atoms with Crippen molar-refractivity contribution in [3.8, 4) is 0 Å². The first-order valence-corrected chi connectivity index (χ1v) is 5.07. The lowest BCUT2D eigenvalue weighted by Gasteiger charge is -2.04. The maximum Gasteiger partial charge on any atom is 0.0525 e. The largest absolute Gasteiger partial charge is 0.271 e. The summed E-state index contributed by atoms with van der Waals surface area (Å²) in [6, 6.07) is 10.8. The van der Waals surface area contributed by atoms with E-state index in [1.807, 2.05) is 0 Å². The molecule has 0 aliphatic rings. The van der Waals surface area contributed by atoms with E-state index in [2.05, 4.69) is 42.7 Å². The SMILES string of the molecule is CC(NN)c1cc2ccccc2s1. The van der Waals surface area contributed by atoms with Gasteiger partial charge in [0.05, 0.1) is 6.04 Å². The average molecular weight is 192 g/mol. The minimum absolute atomic E-state index is 0.234. The molecule has 0 radical (unpaired) electrons. The van der Waals surface area contributed by atoms with Crippen LogP contribution in [0.4, 0.5) is 0 Å². The van der Waals surface area contributed by atoms with Crippen molar-refractivity contribution in [1.82, 2.24) is 5.43 Å². The smallest absolute Gasteiger partial charge is 0.0525 e. The van der Waals surface area contributed by atoms with Crippen molar-refractivity contribution in [2.24, 2.45) is 5.84 Å². The third-order valence-electron chi connectivity index (χ3n) is 2.12. The van der Waals surface area contributed by atoms with Crippen LogP contribution in [0.3, 0.4) is 0 Å². The van der Waals surface area contributed by atoms with E-state index in [9.17, 15) is 0 Å². The number of rotatable bonds is 2. The second-order valence-corrected chi connectivity index (χ2v) is 4.19. The van der Waals surface area contributed by atoms with E-state index in [-0.39, 0.29) is 6.04 Å². The lowest BCUT2D eigenvalue weighted by atomic mass is 10.2. The number of fused-ring (bicyclic) bond motifs is 1. The van der Waals surface area contributed by atoms with Crippen LogP contribution >= 0.6 is 11.3 Å². The van der Waals surface area contributed by atoms with E-state index in [1.165, 1.54) is 15.0 Å². The number of hydrogen-bond donors (Lipinski definition) is 2. The van der Waals surface area contributed by atoms with Crippen LogP contribution in [0.1, 0.15) is 17.8 Å². The topological polar surface area (TPSA) is 38.0 Å². The van der Waals surface area contributed by atoms with Gasteiger partial charge in [0.2, 0.25) is 0 Å². The van der Waals surface area contributed by atoms with Gasteiger partial charge < -0.3 is 0 Å². The third-order valence-corrected chi connectivity index (χ3v) is 3.42.